The van der Waals surface area contributed by atoms with Crippen LogP contribution in [0.5, 0.6) is 0 Å². The fraction of sp³-hybridized carbons (Fsp3) is 0.167. The zero-order valence-corrected chi connectivity index (χ0v) is 12.6. The van der Waals surface area contributed by atoms with Crippen LogP contribution in [-0.4, -0.2) is 23.1 Å². The Labute approximate surface area is 123 Å². The van der Waals surface area contributed by atoms with E-state index in [2.05, 4.69) is 37.5 Å². The molecule has 0 saturated heterocycles. The third kappa shape index (κ3) is 3.24. The molecule has 2 aromatic heterocycles. The van der Waals surface area contributed by atoms with E-state index in [1.54, 1.807) is 17.5 Å². The van der Waals surface area contributed by atoms with E-state index < -0.39 is 0 Å². The van der Waals surface area contributed by atoms with E-state index in [-0.39, 0.29) is 5.84 Å². The Morgan fingerprint density at radius 3 is 3.05 bits per heavy atom. The largest absolute Gasteiger partial charge is 0.409 e. The summed E-state index contributed by atoms with van der Waals surface area (Å²) in [7, 11) is 1.94. The molecule has 100 valence electrons. The Morgan fingerprint density at radius 1 is 1.63 bits per heavy atom. The quantitative estimate of drug-likeness (QED) is 0.388. The van der Waals surface area contributed by atoms with Crippen LogP contribution in [0.2, 0.25) is 0 Å². The second kappa shape index (κ2) is 6.03. The van der Waals surface area contributed by atoms with Gasteiger partial charge in [-0.2, -0.15) is 0 Å². The first-order chi connectivity index (χ1) is 9.11. The lowest BCUT2D eigenvalue weighted by atomic mass is 10.2. The van der Waals surface area contributed by atoms with Gasteiger partial charge in [0.2, 0.25) is 0 Å². The summed E-state index contributed by atoms with van der Waals surface area (Å²) in [6, 6.07) is 5.78. The van der Waals surface area contributed by atoms with Crippen molar-refractivity contribution in [3.63, 3.8) is 0 Å². The van der Waals surface area contributed by atoms with Crippen LogP contribution < -0.4 is 10.6 Å². The number of pyridine rings is 1. The second-order valence-corrected chi connectivity index (χ2v) is 6.26. The van der Waals surface area contributed by atoms with E-state index in [1.807, 2.05) is 24.1 Å². The summed E-state index contributed by atoms with van der Waals surface area (Å²) in [5.74, 6) is 0.00829. The van der Waals surface area contributed by atoms with Crippen molar-refractivity contribution in [1.82, 2.24) is 4.98 Å². The Hall–Kier alpha value is -1.60. The number of amidine groups is 1. The van der Waals surface area contributed by atoms with Crippen LogP contribution in [0, 0.1) is 0 Å². The van der Waals surface area contributed by atoms with Crippen molar-refractivity contribution in [3.05, 3.63) is 44.8 Å². The number of aromatic nitrogens is 1. The lowest BCUT2D eigenvalue weighted by molar-refractivity contribution is 0.318. The first-order valence-corrected chi connectivity index (χ1v) is 7.16. The molecule has 0 radical (unpaired) electrons. The molecule has 2 aromatic rings. The van der Waals surface area contributed by atoms with Gasteiger partial charge >= 0.3 is 0 Å². The Morgan fingerprint density at radius 2 is 2.42 bits per heavy atom. The van der Waals surface area contributed by atoms with Gasteiger partial charge in [-0.15, -0.1) is 11.3 Å². The molecule has 0 fully saturated rings. The van der Waals surface area contributed by atoms with Gasteiger partial charge < -0.3 is 15.8 Å². The van der Waals surface area contributed by atoms with Gasteiger partial charge in [-0.25, -0.2) is 0 Å². The third-order valence-corrected chi connectivity index (χ3v) is 4.14. The number of hydrogen-bond donors (Lipinski definition) is 2. The van der Waals surface area contributed by atoms with Crippen LogP contribution in [-0.2, 0) is 6.54 Å². The smallest absolute Gasteiger partial charge is 0.190 e. The third-order valence-electron chi connectivity index (χ3n) is 2.59. The van der Waals surface area contributed by atoms with Crippen LogP contribution in [0.15, 0.2) is 38.7 Å². The molecule has 0 bridgehead atoms. The molecule has 0 amide bonds. The van der Waals surface area contributed by atoms with Crippen molar-refractivity contribution in [2.24, 2.45) is 10.9 Å². The molecule has 3 N–H and O–H groups in total. The molecule has 0 atom stereocenters. The highest BCUT2D eigenvalue weighted by molar-refractivity contribution is 9.11. The molecular formula is C12H13BrN4OS. The summed E-state index contributed by atoms with van der Waals surface area (Å²) >= 11 is 5.09. The van der Waals surface area contributed by atoms with Gasteiger partial charge in [0.25, 0.3) is 0 Å². The molecule has 2 heterocycles. The molecule has 5 nitrogen and oxygen atoms in total. The van der Waals surface area contributed by atoms with Gasteiger partial charge in [0.05, 0.1) is 9.47 Å². The van der Waals surface area contributed by atoms with Gasteiger partial charge in [0.15, 0.2) is 5.84 Å². The van der Waals surface area contributed by atoms with Crippen molar-refractivity contribution < 1.29 is 5.21 Å². The Bertz CT molecular complexity index is 599. The minimum Gasteiger partial charge on any atom is -0.409 e. The second-order valence-electron chi connectivity index (χ2n) is 3.97. The van der Waals surface area contributed by atoms with Gasteiger partial charge in [-0.1, -0.05) is 5.16 Å². The molecule has 2 rings (SSSR count). The van der Waals surface area contributed by atoms with Crippen LogP contribution in [0.25, 0.3) is 0 Å². The van der Waals surface area contributed by atoms with Gasteiger partial charge in [-0.3, -0.25) is 4.98 Å². The number of hydrogen-bond acceptors (Lipinski definition) is 5. The standard InChI is InChI=1S/C12H13BrN4OS/c1-17(6-8-5-10(13)19-7-8)9-3-2-4-15-11(9)12(14)16-18/h2-5,7,18H,6H2,1H3,(H2,14,16). The number of anilines is 1. The van der Waals surface area contributed by atoms with E-state index >= 15 is 0 Å². The number of nitrogens with two attached hydrogens (primary N) is 1. The highest BCUT2D eigenvalue weighted by Crippen LogP contribution is 2.24. The predicted octanol–water partition coefficient (Wildman–Crippen LogP) is 2.64. The molecule has 0 aromatic carbocycles. The van der Waals surface area contributed by atoms with E-state index in [1.165, 1.54) is 5.56 Å². The number of thiophene rings is 1. The van der Waals surface area contributed by atoms with Crippen molar-refractivity contribution in [2.45, 2.75) is 6.54 Å². The molecule has 0 aliphatic rings. The zero-order chi connectivity index (χ0) is 13.8. The van der Waals surface area contributed by atoms with Crippen LogP contribution in [0.4, 0.5) is 5.69 Å². The van der Waals surface area contributed by atoms with Gasteiger partial charge in [0, 0.05) is 19.8 Å². The molecule has 0 unspecified atom stereocenters. The topological polar surface area (TPSA) is 74.7 Å². The van der Waals surface area contributed by atoms with Crippen LogP contribution in [0.1, 0.15) is 11.3 Å². The maximum atomic E-state index is 8.79. The average molecular weight is 341 g/mol. The van der Waals surface area contributed by atoms with Crippen LogP contribution >= 0.6 is 27.3 Å². The lowest BCUT2D eigenvalue weighted by Crippen LogP contribution is -2.23. The predicted molar refractivity (Wildman–Crippen MR) is 80.9 cm³/mol. The summed E-state index contributed by atoms with van der Waals surface area (Å²) in [4.78, 5) is 6.16. The van der Waals surface area contributed by atoms with Crippen molar-refractivity contribution >= 4 is 38.8 Å². The van der Waals surface area contributed by atoms with E-state index in [9.17, 15) is 0 Å². The minimum atomic E-state index is 0.00829. The lowest BCUT2D eigenvalue weighted by Gasteiger charge is -2.20. The summed E-state index contributed by atoms with van der Waals surface area (Å²) in [5, 5.41) is 13.9. The van der Waals surface area contributed by atoms with E-state index in [0.717, 1.165) is 16.0 Å². The molecule has 0 aliphatic carbocycles. The monoisotopic (exact) mass is 340 g/mol. The highest BCUT2D eigenvalue weighted by Gasteiger charge is 2.12. The van der Waals surface area contributed by atoms with Gasteiger partial charge in [-0.05, 0) is 45.1 Å². The van der Waals surface area contributed by atoms with E-state index in [4.69, 9.17) is 10.9 Å². The van der Waals surface area contributed by atoms with Crippen molar-refractivity contribution in [1.29, 1.82) is 0 Å². The summed E-state index contributed by atoms with van der Waals surface area (Å²) in [5.41, 5.74) is 8.12. The normalized spacial score (nSPS) is 11.6. The number of halogens is 1. The van der Waals surface area contributed by atoms with Crippen molar-refractivity contribution in [3.8, 4) is 0 Å². The molecule has 7 heteroatoms. The molecular weight excluding hydrogens is 328 g/mol. The Balaban J connectivity index is 2.26. The average Bonchev–Trinajstić information content (AvgIpc) is 2.83. The highest BCUT2D eigenvalue weighted by atomic mass is 79.9. The van der Waals surface area contributed by atoms with Gasteiger partial charge in [0.1, 0.15) is 5.69 Å². The SMILES string of the molecule is CN(Cc1csc(Br)c1)c1cccnc1/C(N)=N/O. The fourth-order valence-corrected chi connectivity index (χ4v) is 2.94. The number of rotatable bonds is 4. The molecule has 0 saturated carbocycles. The first kappa shape index (κ1) is 13.8. The van der Waals surface area contributed by atoms with E-state index in [0.29, 0.717) is 5.69 Å². The maximum Gasteiger partial charge on any atom is 0.190 e. The number of nitrogens with zero attached hydrogens (tertiary/aromatic N) is 3. The molecule has 0 aliphatic heterocycles. The minimum absolute atomic E-state index is 0.00829. The first-order valence-electron chi connectivity index (χ1n) is 5.48. The zero-order valence-electron chi connectivity index (χ0n) is 10.2. The number of oxime groups is 1. The molecule has 19 heavy (non-hydrogen) atoms. The Kier molecular flexibility index (Phi) is 4.39. The fourth-order valence-electron chi connectivity index (χ4n) is 1.74. The summed E-state index contributed by atoms with van der Waals surface area (Å²) < 4.78 is 1.10. The van der Waals surface area contributed by atoms with Crippen LogP contribution in [0.3, 0.4) is 0 Å². The maximum absolute atomic E-state index is 8.79. The summed E-state index contributed by atoms with van der Waals surface area (Å²) in [6.07, 6.45) is 1.62. The summed E-state index contributed by atoms with van der Waals surface area (Å²) in [6.45, 7) is 0.722. The molecule has 0 spiro atoms. The van der Waals surface area contributed by atoms with Crippen molar-refractivity contribution in [2.75, 3.05) is 11.9 Å².